The van der Waals surface area contributed by atoms with Gasteiger partial charge in [-0.1, -0.05) is 0 Å². The predicted octanol–water partition coefficient (Wildman–Crippen LogP) is 3.30. The number of carbonyl (C=O) groups excluding carboxylic acids is 1. The van der Waals surface area contributed by atoms with Crippen molar-refractivity contribution in [3.63, 3.8) is 0 Å². The van der Waals surface area contributed by atoms with E-state index in [1.165, 1.54) is 30.3 Å². The van der Waals surface area contributed by atoms with Gasteiger partial charge < -0.3 is 33.9 Å². The van der Waals surface area contributed by atoms with Crippen LogP contribution in [0.25, 0.3) is 10.9 Å². The summed E-state index contributed by atoms with van der Waals surface area (Å²) in [5.74, 6) is -2.98. The maximum Gasteiger partial charge on any atom is 0.414 e. The number of nitrogens with zero attached hydrogens (tertiary/aromatic N) is 3. The first-order valence-corrected chi connectivity index (χ1v) is 13.1. The number of methoxy groups -OCH3 is 1. The van der Waals surface area contributed by atoms with Gasteiger partial charge in [0.1, 0.15) is 30.1 Å². The molecular formula is C28H27F2N3O8. The second kappa shape index (κ2) is 9.91. The van der Waals surface area contributed by atoms with E-state index in [0.717, 1.165) is 25.0 Å². The van der Waals surface area contributed by atoms with Crippen LogP contribution in [-0.2, 0) is 4.74 Å². The summed E-state index contributed by atoms with van der Waals surface area (Å²) in [6.45, 7) is 0.356. The molecule has 216 valence electrons. The van der Waals surface area contributed by atoms with Crippen LogP contribution in [0.1, 0.15) is 35.7 Å². The van der Waals surface area contributed by atoms with Crippen molar-refractivity contribution in [1.29, 1.82) is 0 Å². The van der Waals surface area contributed by atoms with E-state index in [-0.39, 0.29) is 66.9 Å². The van der Waals surface area contributed by atoms with Gasteiger partial charge in [-0.05, 0) is 37.5 Å². The number of aromatic nitrogens is 1. The molecule has 1 atom stereocenters. The second-order valence-corrected chi connectivity index (χ2v) is 10.5. The molecule has 6 rings (SSSR count). The highest BCUT2D eigenvalue weighted by atomic mass is 19.1. The quantitative estimate of drug-likeness (QED) is 0.418. The zero-order chi connectivity index (χ0) is 29.1. The van der Waals surface area contributed by atoms with Crippen LogP contribution in [0.15, 0.2) is 35.3 Å². The molecule has 13 heteroatoms. The van der Waals surface area contributed by atoms with E-state index in [1.807, 2.05) is 0 Å². The molecule has 3 heterocycles. The minimum Gasteiger partial charge on any atom is -0.492 e. The number of amides is 1. The van der Waals surface area contributed by atoms with Gasteiger partial charge in [0, 0.05) is 24.8 Å². The topological polar surface area (TPSA) is 131 Å². The number of carboxylic acid groups (broad SMARTS) is 1. The van der Waals surface area contributed by atoms with Gasteiger partial charge in [-0.15, -0.1) is 0 Å². The molecule has 2 aromatic carbocycles. The maximum absolute atomic E-state index is 15.6. The smallest absolute Gasteiger partial charge is 0.414 e. The Kier molecular flexibility index (Phi) is 6.48. The second-order valence-electron chi connectivity index (χ2n) is 10.5. The third-order valence-corrected chi connectivity index (χ3v) is 7.71. The van der Waals surface area contributed by atoms with Gasteiger partial charge in [-0.2, -0.15) is 0 Å². The number of hydrogen-bond acceptors (Lipinski definition) is 8. The maximum atomic E-state index is 15.6. The first-order valence-electron chi connectivity index (χ1n) is 13.1. The molecule has 11 nitrogen and oxygen atoms in total. The summed E-state index contributed by atoms with van der Waals surface area (Å²) in [4.78, 5) is 39.3. The van der Waals surface area contributed by atoms with Crippen molar-refractivity contribution in [3.05, 3.63) is 57.9 Å². The fraction of sp³-hybridized carbons (Fsp3) is 0.393. The summed E-state index contributed by atoms with van der Waals surface area (Å²) in [7, 11) is 1.34. The first kappa shape index (κ1) is 26.8. The van der Waals surface area contributed by atoms with Crippen LogP contribution in [0.3, 0.4) is 0 Å². The van der Waals surface area contributed by atoms with Gasteiger partial charge >= 0.3 is 12.1 Å². The standard InChI is InChI=1S/C28H27F2N3O8/c1-39-25-22-17(24(34)18(26(35)36)12-33(22)15-2-3-15)11-20(30)23(25)31-7-6-28(38,13-31)14-41-21-5-4-16(10-19(21)29)32-8-9-40-27(32)37/h4-5,10-12,15,38H,2-3,6-9,13-14H2,1H3,(H,35,36). The molecular weight excluding hydrogens is 544 g/mol. The summed E-state index contributed by atoms with van der Waals surface area (Å²) >= 11 is 0. The van der Waals surface area contributed by atoms with E-state index in [0.29, 0.717) is 12.2 Å². The average molecular weight is 572 g/mol. The molecule has 41 heavy (non-hydrogen) atoms. The molecule has 3 aromatic rings. The Hall–Kier alpha value is -4.39. The largest absolute Gasteiger partial charge is 0.492 e. The van der Waals surface area contributed by atoms with Crippen molar-refractivity contribution in [2.24, 2.45) is 0 Å². The molecule has 3 aliphatic rings. The lowest BCUT2D eigenvalue weighted by Gasteiger charge is -2.27. The number of carboxylic acids is 1. The number of cyclic esters (lactones) is 1. The normalized spacial score (nSPS) is 20.5. The van der Waals surface area contributed by atoms with E-state index in [2.05, 4.69) is 0 Å². The van der Waals surface area contributed by atoms with E-state index >= 15 is 4.39 Å². The monoisotopic (exact) mass is 571 g/mol. The number of halogens is 2. The highest BCUT2D eigenvalue weighted by Gasteiger charge is 2.40. The molecule has 0 bridgehead atoms. The van der Waals surface area contributed by atoms with Crippen LogP contribution in [0.5, 0.6) is 11.5 Å². The molecule has 2 N–H and O–H groups in total. The molecule has 0 radical (unpaired) electrons. The third kappa shape index (κ3) is 4.69. The van der Waals surface area contributed by atoms with Gasteiger partial charge in [0.25, 0.3) is 0 Å². The Morgan fingerprint density at radius 2 is 1.95 bits per heavy atom. The van der Waals surface area contributed by atoms with Crippen molar-refractivity contribution < 1.29 is 42.8 Å². The van der Waals surface area contributed by atoms with Crippen LogP contribution in [0, 0.1) is 11.6 Å². The molecule has 3 fully saturated rings. The number of hydrogen-bond donors (Lipinski definition) is 2. The van der Waals surface area contributed by atoms with Crippen molar-refractivity contribution in [3.8, 4) is 11.5 Å². The van der Waals surface area contributed by atoms with Crippen LogP contribution in [-0.4, -0.2) is 72.4 Å². The molecule has 0 spiro atoms. The summed E-state index contributed by atoms with van der Waals surface area (Å²) < 4.78 is 48.1. The van der Waals surface area contributed by atoms with Gasteiger partial charge in [-0.3, -0.25) is 9.69 Å². The lowest BCUT2D eigenvalue weighted by molar-refractivity contribution is 0.0133. The number of benzene rings is 2. The number of β-amino-alcohol motifs (C(OH)–C–C–N with tert-alkyl or cyclic N) is 1. The predicted molar refractivity (Wildman–Crippen MR) is 142 cm³/mol. The van der Waals surface area contributed by atoms with E-state index in [1.54, 1.807) is 9.47 Å². The minimum atomic E-state index is -1.47. The molecule has 1 amide bonds. The lowest BCUT2D eigenvalue weighted by Crippen LogP contribution is -2.39. The molecule has 1 saturated carbocycles. The Morgan fingerprint density at radius 3 is 2.59 bits per heavy atom. The van der Waals surface area contributed by atoms with Gasteiger partial charge in [0.15, 0.2) is 23.1 Å². The number of rotatable bonds is 8. The van der Waals surface area contributed by atoms with Crippen molar-refractivity contribution in [1.82, 2.24) is 4.57 Å². The number of fused-ring (bicyclic) bond motifs is 1. The molecule has 1 aromatic heterocycles. The molecule has 2 saturated heterocycles. The first-order chi connectivity index (χ1) is 19.6. The zero-order valence-electron chi connectivity index (χ0n) is 22.1. The van der Waals surface area contributed by atoms with Crippen LogP contribution < -0.4 is 24.7 Å². The van der Waals surface area contributed by atoms with Crippen LogP contribution in [0.2, 0.25) is 0 Å². The summed E-state index contributed by atoms with van der Waals surface area (Å²) in [5, 5.41) is 20.7. The fourth-order valence-corrected chi connectivity index (χ4v) is 5.50. The third-order valence-electron chi connectivity index (χ3n) is 7.71. The molecule has 1 aliphatic carbocycles. The number of ether oxygens (including phenoxy) is 3. The Balaban J connectivity index is 1.27. The van der Waals surface area contributed by atoms with Crippen LogP contribution >= 0.6 is 0 Å². The molecule has 2 aliphatic heterocycles. The van der Waals surface area contributed by atoms with Crippen molar-refractivity contribution in [2.45, 2.75) is 30.9 Å². The van der Waals surface area contributed by atoms with Crippen molar-refractivity contribution in [2.75, 3.05) is 49.8 Å². The Morgan fingerprint density at radius 1 is 1.17 bits per heavy atom. The van der Waals surface area contributed by atoms with Crippen molar-refractivity contribution >= 4 is 34.3 Å². The highest BCUT2D eigenvalue weighted by molar-refractivity contribution is 5.97. The highest BCUT2D eigenvalue weighted by Crippen LogP contribution is 2.45. The zero-order valence-corrected chi connectivity index (χ0v) is 22.1. The van der Waals surface area contributed by atoms with Crippen LogP contribution in [0.4, 0.5) is 25.0 Å². The fourth-order valence-electron chi connectivity index (χ4n) is 5.50. The Labute approximate surface area is 232 Å². The number of aliphatic hydroxyl groups is 1. The summed E-state index contributed by atoms with van der Waals surface area (Å²) in [6.07, 6.45) is 2.42. The number of anilines is 2. The van der Waals surface area contributed by atoms with Gasteiger partial charge in [0.05, 0.1) is 36.8 Å². The summed E-state index contributed by atoms with van der Waals surface area (Å²) in [5.41, 5.74) is -2.10. The van der Waals surface area contributed by atoms with E-state index < -0.39 is 40.3 Å². The lowest BCUT2D eigenvalue weighted by atomic mass is 10.1. The van der Waals surface area contributed by atoms with Gasteiger partial charge in [-0.25, -0.2) is 18.4 Å². The average Bonchev–Trinajstić information content (AvgIpc) is 3.58. The van der Waals surface area contributed by atoms with Gasteiger partial charge in [0.2, 0.25) is 5.43 Å². The van der Waals surface area contributed by atoms with E-state index in [4.69, 9.17) is 14.2 Å². The molecule has 1 unspecified atom stereocenters. The Bertz CT molecular complexity index is 1640. The SMILES string of the molecule is COc1c(N2CCC(O)(COc3ccc(N4CCOC4=O)cc3F)C2)c(F)cc2c(=O)c(C(=O)O)cn(C3CC3)c12. The number of pyridine rings is 1. The number of aromatic carboxylic acids is 1. The minimum absolute atomic E-state index is 0.0285. The summed E-state index contributed by atoms with van der Waals surface area (Å²) in [6, 6.07) is 4.99. The van der Waals surface area contributed by atoms with E-state index in [9.17, 15) is 29.0 Å². The number of carbonyl (C=O) groups is 2.